The smallest absolute Gasteiger partial charge is 0.308 e. The summed E-state index contributed by atoms with van der Waals surface area (Å²) in [6.45, 7) is 0. The molecule has 2 aromatic heterocycles. The van der Waals surface area contributed by atoms with Crippen molar-refractivity contribution >= 4 is 46.4 Å². The summed E-state index contributed by atoms with van der Waals surface area (Å²) in [6, 6.07) is 15.0. The fourth-order valence-corrected chi connectivity index (χ4v) is 6.68. The van der Waals surface area contributed by atoms with Gasteiger partial charge in [-0.15, -0.1) is 23.1 Å². The van der Waals surface area contributed by atoms with Crippen molar-refractivity contribution in [2.45, 2.75) is 30.4 Å². The third-order valence-electron chi connectivity index (χ3n) is 5.30. The normalized spacial score (nSPS) is 18.0. The number of benzene rings is 1. The zero-order chi connectivity index (χ0) is 22.4. The van der Waals surface area contributed by atoms with Crippen molar-refractivity contribution in [3.05, 3.63) is 65.8 Å². The Morgan fingerprint density at radius 3 is 2.66 bits per heavy atom. The molecular weight excluding hydrogens is 444 g/mol. The Kier molecular flexibility index (Phi) is 7.09. The summed E-state index contributed by atoms with van der Waals surface area (Å²) in [7, 11) is 0. The zero-order valence-electron chi connectivity index (χ0n) is 17.3. The van der Waals surface area contributed by atoms with E-state index in [1.807, 2.05) is 24.3 Å². The average molecular weight is 469 g/mol. The molecule has 9 heteroatoms. The van der Waals surface area contributed by atoms with Gasteiger partial charge in [-0.2, -0.15) is 0 Å². The molecule has 4 N–H and O–H groups in total. The van der Waals surface area contributed by atoms with Crippen LogP contribution >= 0.6 is 23.1 Å². The molecule has 0 radical (unpaired) electrons. The fourth-order valence-electron chi connectivity index (χ4n) is 3.79. The van der Waals surface area contributed by atoms with Crippen LogP contribution in [0.1, 0.15) is 30.6 Å². The highest BCUT2D eigenvalue weighted by Gasteiger charge is 2.38. The predicted octanol–water partition coefficient (Wildman–Crippen LogP) is 5.46. The van der Waals surface area contributed by atoms with Gasteiger partial charge in [0, 0.05) is 28.1 Å². The summed E-state index contributed by atoms with van der Waals surface area (Å²) in [6.07, 6.45) is 6.59. The zero-order valence-corrected chi connectivity index (χ0v) is 19.0. The maximum absolute atomic E-state index is 12.3. The number of carbonyl (C=O) groups is 2. The quantitative estimate of drug-likeness (QED) is 0.284. The minimum Gasteiger partial charge on any atom is -0.308 e. The molecule has 1 aliphatic heterocycles. The second-order valence-electron chi connectivity index (χ2n) is 7.58. The van der Waals surface area contributed by atoms with Crippen LogP contribution < -0.4 is 16.1 Å². The van der Waals surface area contributed by atoms with Crippen molar-refractivity contribution in [1.29, 1.82) is 0 Å². The van der Waals surface area contributed by atoms with E-state index >= 15 is 0 Å². The Labute approximate surface area is 194 Å². The molecule has 3 amide bonds. The minimum absolute atomic E-state index is 0.254. The van der Waals surface area contributed by atoms with Gasteiger partial charge < -0.3 is 10.6 Å². The molecular formula is C23H24N4O3S2. The largest absolute Gasteiger partial charge is 0.323 e. The number of anilines is 2. The van der Waals surface area contributed by atoms with Gasteiger partial charge in [0.15, 0.2) is 0 Å². The Balaban J connectivity index is 1.51. The summed E-state index contributed by atoms with van der Waals surface area (Å²) >= 11 is 3.45. The van der Waals surface area contributed by atoms with E-state index in [1.54, 1.807) is 53.1 Å². The Bertz CT molecular complexity index is 1080. The highest BCUT2D eigenvalue weighted by atomic mass is 32.2. The van der Waals surface area contributed by atoms with Gasteiger partial charge in [0.25, 0.3) is 0 Å². The summed E-state index contributed by atoms with van der Waals surface area (Å²) in [5.74, 6) is 0.636. The van der Waals surface area contributed by atoms with Crippen LogP contribution in [-0.4, -0.2) is 27.9 Å². The molecule has 1 aromatic carbocycles. The summed E-state index contributed by atoms with van der Waals surface area (Å²) < 4.78 is -0.312. The number of pyridine rings is 1. The molecule has 32 heavy (non-hydrogen) atoms. The van der Waals surface area contributed by atoms with Crippen molar-refractivity contribution in [1.82, 2.24) is 10.5 Å². The number of thioether (sulfide) groups is 1. The lowest BCUT2D eigenvalue weighted by atomic mass is 9.94. The fraction of sp³-hybridized carbons (Fsp3) is 0.261. The maximum Gasteiger partial charge on any atom is 0.323 e. The van der Waals surface area contributed by atoms with E-state index in [4.69, 9.17) is 5.21 Å². The number of carbonyl (C=O) groups excluding carboxylic acids is 2. The molecule has 0 bridgehead atoms. The number of rotatable bonds is 6. The lowest BCUT2D eigenvalue weighted by Gasteiger charge is -2.35. The number of hydroxylamine groups is 1. The van der Waals surface area contributed by atoms with Crippen LogP contribution in [0, 0.1) is 0 Å². The molecule has 1 atom stereocenters. The highest BCUT2D eigenvalue weighted by Crippen LogP contribution is 2.50. The van der Waals surface area contributed by atoms with E-state index in [-0.39, 0.29) is 23.1 Å². The molecule has 166 valence electrons. The monoisotopic (exact) mass is 468 g/mol. The molecule has 0 spiro atoms. The molecule has 1 saturated heterocycles. The van der Waals surface area contributed by atoms with E-state index < -0.39 is 0 Å². The van der Waals surface area contributed by atoms with E-state index in [9.17, 15) is 9.59 Å². The van der Waals surface area contributed by atoms with Crippen molar-refractivity contribution < 1.29 is 14.8 Å². The van der Waals surface area contributed by atoms with Crippen molar-refractivity contribution in [2.24, 2.45) is 0 Å². The van der Waals surface area contributed by atoms with Gasteiger partial charge in [-0.05, 0) is 60.6 Å². The number of thiophene rings is 1. The van der Waals surface area contributed by atoms with Gasteiger partial charge in [0.1, 0.15) is 0 Å². The third kappa shape index (κ3) is 5.29. The first-order valence-electron chi connectivity index (χ1n) is 10.3. The number of hydrogen-bond acceptors (Lipinski definition) is 6. The minimum atomic E-state index is -0.361. The second kappa shape index (κ2) is 10.2. The summed E-state index contributed by atoms with van der Waals surface area (Å²) in [5.41, 5.74) is 4.08. The number of nitrogens with zero attached hydrogens (tertiary/aromatic N) is 1. The van der Waals surface area contributed by atoms with Gasteiger partial charge in [-0.25, -0.2) is 10.3 Å². The molecule has 4 rings (SSSR count). The first kappa shape index (κ1) is 22.3. The van der Waals surface area contributed by atoms with Crippen molar-refractivity contribution in [2.75, 3.05) is 16.4 Å². The van der Waals surface area contributed by atoms with Gasteiger partial charge in [0.05, 0.1) is 16.6 Å². The third-order valence-corrected chi connectivity index (χ3v) is 8.38. The topological polar surface area (TPSA) is 103 Å². The number of aromatic nitrogens is 1. The van der Waals surface area contributed by atoms with E-state index in [1.165, 1.54) is 0 Å². The molecule has 7 nitrogen and oxygen atoms in total. The first-order valence-corrected chi connectivity index (χ1v) is 12.1. The Hall–Kier alpha value is -2.88. The number of hydrogen-bond donors (Lipinski definition) is 4. The van der Waals surface area contributed by atoms with Crippen LogP contribution in [0.2, 0.25) is 0 Å². The van der Waals surface area contributed by atoms with Gasteiger partial charge >= 0.3 is 6.03 Å². The molecule has 0 unspecified atom stereocenters. The summed E-state index contributed by atoms with van der Waals surface area (Å²) in [5, 5.41) is 14.7. The molecule has 3 aromatic rings. The first-order chi connectivity index (χ1) is 15.6. The lowest BCUT2D eigenvalue weighted by molar-refractivity contribution is -0.129. The Morgan fingerprint density at radius 1 is 1.06 bits per heavy atom. The van der Waals surface area contributed by atoms with Crippen LogP contribution in [0.4, 0.5) is 16.2 Å². The maximum atomic E-state index is 12.3. The van der Waals surface area contributed by atoms with Crippen molar-refractivity contribution in [3.63, 3.8) is 0 Å². The number of amides is 3. The molecule has 1 aliphatic rings. The van der Waals surface area contributed by atoms with E-state index in [0.717, 1.165) is 40.3 Å². The Morgan fingerprint density at radius 2 is 1.91 bits per heavy atom. The van der Waals surface area contributed by atoms with Crippen LogP contribution in [0.5, 0.6) is 0 Å². The van der Waals surface area contributed by atoms with Gasteiger partial charge in [0.2, 0.25) is 5.91 Å². The van der Waals surface area contributed by atoms with Crippen LogP contribution in [-0.2, 0) is 9.54 Å². The van der Waals surface area contributed by atoms with Gasteiger partial charge in [-0.1, -0.05) is 18.6 Å². The standard InChI is InChI=1S/C23H24N4O3S2/c28-21(27-30)14-23(10-1-2-12-31-23)20-9-8-19(32-20)16-5-3-6-17(13-16)25-22(29)26-18-7-4-11-24-15-18/h3-9,11,13,15,30H,1-2,10,12,14H2,(H,27,28)(H2,25,26,29)/t23-/m0/s1. The average Bonchev–Trinajstić information content (AvgIpc) is 3.32. The van der Waals surface area contributed by atoms with E-state index in [0.29, 0.717) is 11.4 Å². The predicted molar refractivity (Wildman–Crippen MR) is 129 cm³/mol. The number of nitrogens with one attached hydrogen (secondary N) is 3. The molecule has 3 heterocycles. The van der Waals surface area contributed by atoms with E-state index in [2.05, 4.69) is 27.8 Å². The van der Waals surface area contributed by atoms with Gasteiger partial charge in [-0.3, -0.25) is 15.0 Å². The van der Waals surface area contributed by atoms with Crippen molar-refractivity contribution in [3.8, 4) is 10.4 Å². The van der Waals surface area contributed by atoms with Crippen LogP contribution in [0.25, 0.3) is 10.4 Å². The van der Waals surface area contributed by atoms with Crippen LogP contribution in [0.3, 0.4) is 0 Å². The summed E-state index contributed by atoms with van der Waals surface area (Å²) in [4.78, 5) is 30.5. The second-order valence-corrected chi connectivity index (χ2v) is 10.1. The number of urea groups is 1. The highest BCUT2D eigenvalue weighted by molar-refractivity contribution is 8.00. The molecule has 0 saturated carbocycles. The van der Waals surface area contributed by atoms with Crippen LogP contribution in [0.15, 0.2) is 60.9 Å². The SMILES string of the molecule is O=C(C[C@]1(c2ccc(-c3cccc(NC(=O)Nc4cccnc4)c3)s2)CCCCS1)NO. The molecule has 1 fully saturated rings. The molecule has 0 aliphatic carbocycles. The lowest BCUT2D eigenvalue weighted by Crippen LogP contribution is -2.32.